The van der Waals surface area contributed by atoms with Gasteiger partial charge in [0.15, 0.2) is 0 Å². The van der Waals surface area contributed by atoms with Crippen LogP contribution in [0.15, 0.2) is 23.1 Å². The number of carbonyl (C=O) groups is 2. The fourth-order valence-corrected chi connectivity index (χ4v) is 3.30. The maximum absolute atomic E-state index is 12.4. The number of thiocarbonyl (C=S) groups is 1. The van der Waals surface area contributed by atoms with Gasteiger partial charge in [-0.25, -0.2) is 0 Å². The molecule has 1 saturated heterocycles. The SMILES string of the molecule is COc1ccc(O)c(C=C2SC(=S)N(CCCC(=O)O)C2=O)c1. The second-order valence-electron chi connectivity index (χ2n) is 4.76. The monoisotopic (exact) mass is 353 g/mol. The van der Waals surface area contributed by atoms with Gasteiger partial charge in [-0.2, -0.15) is 0 Å². The third kappa shape index (κ3) is 4.23. The summed E-state index contributed by atoms with van der Waals surface area (Å²) in [5.74, 6) is -0.604. The smallest absolute Gasteiger partial charge is 0.303 e. The summed E-state index contributed by atoms with van der Waals surface area (Å²) in [7, 11) is 1.51. The van der Waals surface area contributed by atoms with E-state index >= 15 is 0 Å². The van der Waals surface area contributed by atoms with Gasteiger partial charge in [-0.05, 0) is 30.7 Å². The zero-order valence-electron chi connectivity index (χ0n) is 12.3. The van der Waals surface area contributed by atoms with E-state index in [0.29, 0.717) is 27.0 Å². The van der Waals surface area contributed by atoms with Crippen molar-refractivity contribution in [3.05, 3.63) is 28.7 Å². The van der Waals surface area contributed by atoms with Crippen LogP contribution in [-0.4, -0.2) is 45.0 Å². The minimum absolute atomic E-state index is 0.0211. The van der Waals surface area contributed by atoms with Crippen molar-refractivity contribution >= 4 is 46.3 Å². The third-order valence-corrected chi connectivity index (χ3v) is 4.55. The number of aliphatic carboxylic acids is 1. The molecule has 122 valence electrons. The Morgan fingerprint density at radius 2 is 2.22 bits per heavy atom. The maximum atomic E-state index is 12.4. The van der Waals surface area contributed by atoms with Crippen LogP contribution in [0.3, 0.4) is 0 Å². The molecule has 1 fully saturated rings. The van der Waals surface area contributed by atoms with Crippen molar-refractivity contribution in [1.29, 1.82) is 0 Å². The van der Waals surface area contributed by atoms with Crippen molar-refractivity contribution in [3.8, 4) is 11.5 Å². The van der Waals surface area contributed by atoms with Gasteiger partial charge in [0.1, 0.15) is 15.8 Å². The molecule has 1 aliphatic heterocycles. The highest BCUT2D eigenvalue weighted by Gasteiger charge is 2.31. The van der Waals surface area contributed by atoms with Crippen LogP contribution in [0.4, 0.5) is 0 Å². The van der Waals surface area contributed by atoms with E-state index in [9.17, 15) is 14.7 Å². The molecule has 1 heterocycles. The maximum Gasteiger partial charge on any atom is 0.303 e. The second kappa shape index (κ2) is 7.47. The summed E-state index contributed by atoms with van der Waals surface area (Å²) in [6, 6.07) is 4.72. The van der Waals surface area contributed by atoms with E-state index in [0.717, 1.165) is 11.8 Å². The molecule has 2 rings (SSSR count). The number of rotatable bonds is 6. The lowest BCUT2D eigenvalue weighted by atomic mass is 10.1. The first-order valence-electron chi connectivity index (χ1n) is 6.76. The number of carboxylic acids is 1. The van der Waals surface area contributed by atoms with Crippen LogP contribution in [0.2, 0.25) is 0 Å². The zero-order chi connectivity index (χ0) is 17.0. The average Bonchev–Trinajstić information content (AvgIpc) is 2.76. The summed E-state index contributed by atoms with van der Waals surface area (Å²) in [5, 5.41) is 18.5. The molecular weight excluding hydrogens is 338 g/mol. The topological polar surface area (TPSA) is 87.1 Å². The van der Waals surface area contributed by atoms with Crippen LogP contribution in [0, 0.1) is 0 Å². The summed E-state index contributed by atoms with van der Waals surface area (Å²) in [5.41, 5.74) is 0.454. The summed E-state index contributed by atoms with van der Waals surface area (Å²) in [4.78, 5) is 24.7. The van der Waals surface area contributed by atoms with Crippen LogP contribution in [0.1, 0.15) is 18.4 Å². The molecule has 0 bridgehead atoms. The molecule has 1 aromatic carbocycles. The molecule has 0 aromatic heterocycles. The molecule has 0 unspecified atom stereocenters. The van der Waals surface area contributed by atoms with Crippen LogP contribution >= 0.6 is 24.0 Å². The lowest BCUT2D eigenvalue weighted by Crippen LogP contribution is -2.29. The number of phenolic OH excluding ortho intramolecular Hbond substituents is 1. The van der Waals surface area contributed by atoms with Gasteiger partial charge in [-0.3, -0.25) is 14.5 Å². The molecule has 0 atom stereocenters. The van der Waals surface area contributed by atoms with Crippen LogP contribution in [0.25, 0.3) is 6.08 Å². The number of thioether (sulfide) groups is 1. The molecule has 1 aromatic rings. The molecule has 0 spiro atoms. The number of hydrogen-bond donors (Lipinski definition) is 2. The van der Waals surface area contributed by atoms with Gasteiger partial charge in [0, 0.05) is 18.5 Å². The van der Waals surface area contributed by atoms with E-state index in [-0.39, 0.29) is 24.6 Å². The van der Waals surface area contributed by atoms with E-state index in [1.807, 2.05) is 0 Å². The number of aromatic hydroxyl groups is 1. The number of carboxylic acid groups (broad SMARTS) is 1. The number of hydrogen-bond acceptors (Lipinski definition) is 6. The van der Waals surface area contributed by atoms with E-state index in [2.05, 4.69) is 0 Å². The molecule has 1 aliphatic rings. The highest BCUT2D eigenvalue weighted by molar-refractivity contribution is 8.26. The van der Waals surface area contributed by atoms with Crippen molar-refractivity contribution in [2.45, 2.75) is 12.8 Å². The molecule has 0 saturated carbocycles. The Hall–Kier alpha value is -2.06. The largest absolute Gasteiger partial charge is 0.507 e. The number of nitrogens with zero attached hydrogens (tertiary/aromatic N) is 1. The summed E-state index contributed by atoms with van der Waals surface area (Å²) < 4.78 is 5.48. The lowest BCUT2D eigenvalue weighted by molar-refractivity contribution is -0.137. The number of ether oxygens (including phenoxy) is 1. The first-order valence-corrected chi connectivity index (χ1v) is 7.99. The number of amides is 1. The Bertz CT molecular complexity index is 686. The van der Waals surface area contributed by atoms with Gasteiger partial charge in [-0.1, -0.05) is 24.0 Å². The van der Waals surface area contributed by atoms with Gasteiger partial charge in [0.05, 0.1) is 12.0 Å². The van der Waals surface area contributed by atoms with Gasteiger partial charge in [0.2, 0.25) is 0 Å². The van der Waals surface area contributed by atoms with Gasteiger partial charge in [-0.15, -0.1) is 0 Å². The van der Waals surface area contributed by atoms with Gasteiger partial charge < -0.3 is 14.9 Å². The predicted octanol–water partition coefficient (Wildman–Crippen LogP) is 2.47. The summed E-state index contributed by atoms with van der Waals surface area (Å²) >= 11 is 6.29. The molecule has 2 N–H and O–H groups in total. The fourth-order valence-electron chi connectivity index (χ4n) is 2.00. The second-order valence-corrected chi connectivity index (χ2v) is 6.43. The highest BCUT2D eigenvalue weighted by atomic mass is 32.2. The summed E-state index contributed by atoms with van der Waals surface area (Å²) in [6.07, 6.45) is 1.86. The molecule has 6 nitrogen and oxygen atoms in total. The third-order valence-electron chi connectivity index (χ3n) is 3.17. The quantitative estimate of drug-likeness (QED) is 0.600. The summed E-state index contributed by atoms with van der Waals surface area (Å²) in [6.45, 7) is 0.262. The number of benzene rings is 1. The minimum atomic E-state index is -0.910. The van der Waals surface area contributed by atoms with Crippen molar-refractivity contribution in [2.75, 3.05) is 13.7 Å². The number of methoxy groups -OCH3 is 1. The molecule has 8 heteroatoms. The van der Waals surface area contributed by atoms with Crippen molar-refractivity contribution in [2.24, 2.45) is 0 Å². The van der Waals surface area contributed by atoms with Crippen molar-refractivity contribution in [3.63, 3.8) is 0 Å². The van der Waals surface area contributed by atoms with E-state index in [1.54, 1.807) is 18.2 Å². The Balaban J connectivity index is 2.16. The Labute approximate surface area is 142 Å². The van der Waals surface area contributed by atoms with E-state index in [1.165, 1.54) is 18.1 Å². The minimum Gasteiger partial charge on any atom is -0.507 e. The standard InChI is InChI=1S/C15H15NO5S2/c1-21-10-4-5-11(17)9(7-10)8-12-14(20)16(15(22)23-12)6-2-3-13(18)19/h4-5,7-8,17H,2-3,6H2,1H3,(H,18,19). The molecule has 23 heavy (non-hydrogen) atoms. The van der Waals surface area contributed by atoms with E-state index in [4.69, 9.17) is 22.1 Å². The normalized spacial score (nSPS) is 16.2. The molecule has 0 aliphatic carbocycles. The van der Waals surface area contributed by atoms with E-state index < -0.39 is 5.97 Å². The van der Waals surface area contributed by atoms with Crippen LogP contribution in [0.5, 0.6) is 11.5 Å². The molecular formula is C15H15NO5S2. The molecule has 1 amide bonds. The Kier molecular flexibility index (Phi) is 5.62. The average molecular weight is 353 g/mol. The molecule has 0 radical (unpaired) electrons. The zero-order valence-corrected chi connectivity index (χ0v) is 13.9. The van der Waals surface area contributed by atoms with Gasteiger partial charge >= 0.3 is 5.97 Å². The van der Waals surface area contributed by atoms with Crippen molar-refractivity contribution < 1.29 is 24.5 Å². The lowest BCUT2D eigenvalue weighted by Gasteiger charge is -2.13. The fraction of sp³-hybridized carbons (Fsp3) is 0.267. The first kappa shape index (κ1) is 17.3. The number of phenols is 1. The Morgan fingerprint density at radius 1 is 1.48 bits per heavy atom. The van der Waals surface area contributed by atoms with Crippen molar-refractivity contribution in [1.82, 2.24) is 4.90 Å². The number of carbonyl (C=O) groups excluding carboxylic acids is 1. The first-order chi connectivity index (χ1) is 10.9. The Morgan fingerprint density at radius 3 is 2.87 bits per heavy atom. The highest BCUT2D eigenvalue weighted by Crippen LogP contribution is 2.35. The van der Waals surface area contributed by atoms with Crippen LogP contribution < -0.4 is 4.74 Å². The van der Waals surface area contributed by atoms with Crippen LogP contribution in [-0.2, 0) is 9.59 Å². The van der Waals surface area contributed by atoms with Gasteiger partial charge in [0.25, 0.3) is 5.91 Å². The predicted molar refractivity (Wildman–Crippen MR) is 91.4 cm³/mol.